The number of nitrogens with one attached hydrogen (secondary N) is 1. The van der Waals surface area contributed by atoms with Crippen LogP contribution in [0.25, 0.3) is 5.69 Å². The van der Waals surface area contributed by atoms with E-state index < -0.39 is 0 Å². The largest absolute Gasteiger partial charge is 0.314 e. The van der Waals surface area contributed by atoms with Crippen LogP contribution in [0.5, 0.6) is 0 Å². The summed E-state index contributed by atoms with van der Waals surface area (Å²) in [4.78, 5) is 2.52. The maximum atomic E-state index is 4.95. The van der Waals surface area contributed by atoms with Crippen LogP contribution in [0.1, 0.15) is 23.4 Å². The molecule has 4 nitrogen and oxygen atoms in total. The van der Waals surface area contributed by atoms with Crippen LogP contribution in [-0.2, 0) is 19.4 Å². The van der Waals surface area contributed by atoms with Crippen molar-refractivity contribution in [3.8, 4) is 5.69 Å². The highest BCUT2D eigenvalue weighted by Gasteiger charge is 2.24. The van der Waals surface area contributed by atoms with Gasteiger partial charge in [0.25, 0.3) is 0 Å². The van der Waals surface area contributed by atoms with Crippen molar-refractivity contribution in [1.82, 2.24) is 20.0 Å². The summed E-state index contributed by atoms with van der Waals surface area (Å²) in [6.45, 7) is 5.47. The van der Waals surface area contributed by atoms with Gasteiger partial charge in [-0.05, 0) is 37.0 Å². The van der Waals surface area contributed by atoms with Gasteiger partial charge < -0.3 is 5.32 Å². The number of fused-ring (bicyclic) bond motifs is 1. The van der Waals surface area contributed by atoms with E-state index in [1.54, 1.807) is 0 Å². The Kier molecular flexibility index (Phi) is 3.49. The lowest BCUT2D eigenvalue weighted by molar-refractivity contribution is 0.230. The van der Waals surface area contributed by atoms with Gasteiger partial charge in [-0.1, -0.05) is 18.2 Å². The number of piperazine rings is 1. The maximum absolute atomic E-state index is 4.95. The van der Waals surface area contributed by atoms with Crippen LogP contribution in [0.4, 0.5) is 0 Å². The Morgan fingerprint density at radius 2 is 1.86 bits per heavy atom. The van der Waals surface area contributed by atoms with E-state index >= 15 is 0 Å². The van der Waals surface area contributed by atoms with Gasteiger partial charge >= 0.3 is 0 Å². The van der Waals surface area contributed by atoms with E-state index in [9.17, 15) is 0 Å². The second-order valence-electron chi connectivity index (χ2n) is 6.00. The summed E-state index contributed by atoms with van der Waals surface area (Å²) in [7, 11) is 0. The number of para-hydroxylation sites is 1. The molecule has 4 rings (SSSR count). The third-order valence-corrected chi connectivity index (χ3v) is 4.60. The number of benzene rings is 1. The van der Waals surface area contributed by atoms with E-state index in [0.717, 1.165) is 32.7 Å². The van der Waals surface area contributed by atoms with Gasteiger partial charge in [-0.25, -0.2) is 4.68 Å². The van der Waals surface area contributed by atoms with Gasteiger partial charge in [-0.15, -0.1) is 0 Å². The van der Waals surface area contributed by atoms with Gasteiger partial charge in [0.2, 0.25) is 0 Å². The standard InChI is InChI=1S/C17H22N4/c1-2-5-14(6-3-1)21-17-8-4-7-15(17)16(19-21)13-20-11-9-18-10-12-20/h1-3,5-6,18H,4,7-13H2. The molecule has 2 heterocycles. The summed E-state index contributed by atoms with van der Waals surface area (Å²) in [5.41, 5.74) is 5.44. The molecule has 0 amide bonds. The summed E-state index contributed by atoms with van der Waals surface area (Å²) in [6, 6.07) is 10.6. The lowest BCUT2D eigenvalue weighted by Gasteiger charge is -2.26. The minimum absolute atomic E-state index is 1.00. The third-order valence-electron chi connectivity index (χ3n) is 4.60. The van der Waals surface area contributed by atoms with E-state index in [1.807, 2.05) is 0 Å². The molecular formula is C17H22N4. The normalized spacial score (nSPS) is 18.9. The van der Waals surface area contributed by atoms with Gasteiger partial charge in [-0.3, -0.25) is 4.90 Å². The zero-order chi connectivity index (χ0) is 14.1. The molecule has 1 aromatic heterocycles. The van der Waals surface area contributed by atoms with E-state index in [0.29, 0.717) is 0 Å². The van der Waals surface area contributed by atoms with Gasteiger partial charge in [0.1, 0.15) is 0 Å². The molecule has 0 spiro atoms. The highest BCUT2D eigenvalue weighted by molar-refractivity contribution is 5.39. The Labute approximate surface area is 125 Å². The van der Waals surface area contributed by atoms with Crippen molar-refractivity contribution in [3.63, 3.8) is 0 Å². The first-order valence-electron chi connectivity index (χ1n) is 8.00. The van der Waals surface area contributed by atoms with Gasteiger partial charge in [0.05, 0.1) is 11.4 Å². The van der Waals surface area contributed by atoms with Crippen molar-refractivity contribution in [2.75, 3.05) is 26.2 Å². The Morgan fingerprint density at radius 3 is 2.67 bits per heavy atom. The van der Waals surface area contributed by atoms with Crippen molar-refractivity contribution >= 4 is 0 Å². The minimum Gasteiger partial charge on any atom is -0.314 e. The van der Waals surface area contributed by atoms with E-state index in [4.69, 9.17) is 5.10 Å². The predicted molar refractivity (Wildman–Crippen MR) is 83.7 cm³/mol. The molecule has 0 bridgehead atoms. The Balaban J connectivity index is 1.66. The van der Waals surface area contributed by atoms with Crippen LogP contribution in [0, 0.1) is 0 Å². The molecule has 1 saturated heterocycles. The molecule has 2 aliphatic rings. The summed E-state index contributed by atoms with van der Waals surface area (Å²) >= 11 is 0. The number of hydrogen-bond acceptors (Lipinski definition) is 3. The molecule has 1 aromatic carbocycles. The summed E-state index contributed by atoms with van der Waals surface area (Å²) in [5.74, 6) is 0. The van der Waals surface area contributed by atoms with E-state index in [-0.39, 0.29) is 0 Å². The maximum Gasteiger partial charge on any atom is 0.0804 e. The first-order valence-corrected chi connectivity index (χ1v) is 8.00. The quantitative estimate of drug-likeness (QED) is 0.931. The SMILES string of the molecule is c1ccc(-n2nc(CN3CCNCC3)c3c2CCC3)cc1. The number of hydrogen-bond donors (Lipinski definition) is 1. The smallest absolute Gasteiger partial charge is 0.0804 e. The molecule has 1 N–H and O–H groups in total. The molecule has 2 aromatic rings. The molecule has 0 radical (unpaired) electrons. The molecule has 0 unspecified atom stereocenters. The molecule has 1 aliphatic carbocycles. The van der Waals surface area contributed by atoms with Crippen LogP contribution in [0.15, 0.2) is 30.3 Å². The summed E-state index contributed by atoms with van der Waals surface area (Å²) < 4.78 is 2.18. The molecule has 0 saturated carbocycles. The van der Waals surface area contributed by atoms with Crippen molar-refractivity contribution < 1.29 is 0 Å². The van der Waals surface area contributed by atoms with Gasteiger partial charge in [0.15, 0.2) is 0 Å². The average Bonchev–Trinajstić information content (AvgIpc) is 3.13. The molecular weight excluding hydrogens is 260 g/mol. The first-order chi connectivity index (χ1) is 10.4. The zero-order valence-corrected chi connectivity index (χ0v) is 12.4. The highest BCUT2D eigenvalue weighted by atomic mass is 15.3. The van der Waals surface area contributed by atoms with Crippen LogP contribution in [0.3, 0.4) is 0 Å². The van der Waals surface area contributed by atoms with E-state index in [2.05, 4.69) is 45.2 Å². The zero-order valence-electron chi connectivity index (χ0n) is 12.4. The number of rotatable bonds is 3. The molecule has 1 fully saturated rings. The van der Waals surface area contributed by atoms with Crippen molar-refractivity contribution in [2.24, 2.45) is 0 Å². The van der Waals surface area contributed by atoms with Gasteiger partial charge in [-0.2, -0.15) is 5.10 Å². The Hall–Kier alpha value is -1.65. The van der Waals surface area contributed by atoms with Crippen molar-refractivity contribution in [1.29, 1.82) is 0 Å². The molecule has 21 heavy (non-hydrogen) atoms. The second-order valence-corrected chi connectivity index (χ2v) is 6.00. The Bertz CT molecular complexity index is 611. The Morgan fingerprint density at radius 1 is 1.05 bits per heavy atom. The highest BCUT2D eigenvalue weighted by Crippen LogP contribution is 2.28. The van der Waals surface area contributed by atoms with Crippen LogP contribution in [-0.4, -0.2) is 40.9 Å². The van der Waals surface area contributed by atoms with Crippen LogP contribution in [0.2, 0.25) is 0 Å². The number of nitrogens with zero attached hydrogens (tertiary/aromatic N) is 3. The first kappa shape index (κ1) is 13.0. The molecule has 110 valence electrons. The summed E-state index contributed by atoms with van der Waals surface area (Å²) in [5, 5.41) is 8.37. The minimum atomic E-state index is 1.00. The lowest BCUT2D eigenvalue weighted by Crippen LogP contribution is -2.43. The topological polar surface area (TPSA) is 33.1 Å². The summed E-state index contributed by atoms with van der Waals surface area (Å²) in [6.07, 6.45) is 3.64. The lowest BCUT2D eigenvalue weighted by atomic mass is 10.2. The third kappa shape index (κ3) is 2.49. The fourth-order valence-corrected chi connectivity index (χ4v) is 3.50. The average molecular weight is 282 g/mol. The number of aromatic nitrogens is 2. The predicted octanol–water partition coefficient (Wildman–Crippen LogP) is 1.77. The van der Waals surface area contributed by atoms with Crippen LogP contribution < -0.4 is 5.32 Å². The van der Waals surface area contributed by atoms with Gasteiger partial charge in [0, 0.05) is 38.4 Å². The van der Waals surface area contributed by atoms with Crippen molar-refractivity contribution in [2.45, 2.75) is 25.8 Å². The fraction of sp³-hybridized carbons (Fsp3) is 0.471. The van der Waals surface area contributed by atoms with E-state index in [1.165, 1.54) is 41.9 Å². The molecule has 0 atom stereocenters. The molecule has 1 aliphatic heterocycles. The second kappa shape index (κ2) is 5.62. The molecule has 4 heteroatoms. The monoisotopic (exact) mass is 282 g/mol. The fourth-order valence-electron chi connectivity index (χ4n) is 3.50. The van der Waals surface area contributed by atoms with Crippen LogP contribution >= 0.6 is 0 Å². The van der Waals surface area contributed by atoms with Crippen molar-refractivity contribution in [3.05, 3.63) is 47.3 Å².